The third kappa shape index (κ3) is 3.49. The molecule has 0 spiro atoms. The van der Waals surface area contributed by atoms with E-state index >= 15 is 0 Å². The molecule has 1 saturated heterocycles. The Kier molecular flexibility index (Phi) is 5.71. The summed E-state index contributed by atoms with van der Waals surface area (Å²) in [7, 11) is 1.60. The number of hydrogen-bond donors (Lipinski definition) is 1. The fraction of sp³-hybridized carbons (Fsp3) is 0.562. The van der Waals surface area contributed by atoms with E-state index in [9.17, 15) is 23.1 Å². The summed E-state index contributed by atoms with van der Waals surface area (Å²) in [5, 5.41) is 9.28. The molecule has 1 amide bonds. The number of piperazine rings is 1. The number of nitrogens with zero attached hydrogens (tertiary/aromatic N) is 2. The summed E-state index contributed by atoms with van der Waals surface area (Å²) in [6.07, 6.45) is 0. The van der Waals surface area contributed by atoms with Crippen molar-refractivity contribution in [2.75, 3.05) is 33.4 Å². The highest BCUT2D eigenvalue weighted by molar-refractivity contribution is 5.95. The van der Waals surface area contributed by atoms with E-state index in [1.54, 1.807) is 7.11 Å². The predicted molar refractivity (Wildman–Crippen MR) is 81.4 cm³/mol. The van der Waals surface area contributed by atoms with Gasteiger partial charge in [-0.1, -0.05) is 0 Å². The Balaban J connectivity index is 2.20. The first kappa shape index (κ1) is 18.5. The number of carbonyl (C=O) groups is 1. The number of halogens is 3. The molecule has 0 unspecified atom stereocenters. The van der Waals surface area contributed by atoms with Crippen molar-refractivity contribution < 1.29 is 27.8 Å². The van der Waals surface area contributed by atoms with Crippen LogP contribution in [0, 0.1) is 17.5 Å². The average Bonchev–Trinajstić information content (AvgIpc) is 2.54. The number of phenols is 1. The number of benzene rings is 1. The van der Waals surface area contributed by atoms with Crippen molar-refractivity contribution >= 4 is 5.91 Å². The summed E-state index contributed by atoms with van der Waals surface area (Å²) >= 11 is 0. The fourth-order valence-corrected chi connectivity index (χ4v) is 3.08. The van der Waals surface area contributed by atoms with Gasteiger partial charge >= 0.3 is 0 Å². The van der Waals surface area contributed by atoms with E-state index in [0.29, 0.717) is 32.3 Å². The lowest BCUT2D eigenvalue weighted by Gasteiger charge is -2.44. The van der Waals surface area contributed by atoms with Gasteiger partial charge in [-0.05, 0) is 19.9 Å². The van der Waals surface area contributed by atoms with Crippen molar-refractivity contribution in [3.05, 3.63) is 29.1 Å². The van der Waals surface area contributed by atoms with E-state index in [0.717, 1.165) is 0 Å². The molecule has 1 aromatic rings. The molecule has 24 heavy (non-hydrogen) atoms. The molecule has 1 aliphatic rings. The maximum atomic E-state index is 14.0. The fourth-order valence-electron chi connectivity index (χ4n) is 3.08. The van der Waals surface area contributed by atoms with Crippen LogP contribution in [0.2, 0.25) is 0 Å². The molecule has 2 rings (SSSR count). The molecule has 1 N–H and O–H groups in total. The molecule has 2 atom stereocenters. The van der Waals surface area contributed by atoms with Crippen molar-refractivity contribution in [3.8, 4) is 5.75 Å². The van der Waals surface area contributed by atoms with E-state index in [1.807, 2.05) is 13.8 Å². The lowest BCUT2D eigenvalue weighted by Crippen LogP contribution is -2.58. The lowest BCUT2D eigenvalue weighted by molar-refractivity contribution is 0.0190. The van der Waals surface area contributed by atoms with E-state index in [-0.39, 0.29) is 12.1 Å². The van der Waals surface area contributed by atoms with Crippen molar-refractivity contribution in [2.24, 2.45) is 0 Å². The summed E-state index contributed by atoms with van der Waals surface area (Å²) in [6, 6.07) is 0.476. The number of rotatable bonds is 4. The van der Waals surface area contributed by atoms with Crippen LogP contribution in [0.1, 0.15) is 24.2 Å². The molecule has 5 nitrogen and oxygen atoms in total. The van der Waals surface area contributed by atoms with Gasteiger partial charge in [-0.25, -0.2) is 8.78 Å². The number of hydrogen-bond acceptors (Lipinski definition) is 4. The Bertz CT molecular complexity index is 615. The van der Waals surface area contributed by atoms with Gasteiger partial charge in [0.1, 0.15) is 0 Å². The summed E-state index contributed by atoms with van der Waals surface area (Å²) in [5.41, 5.74) is -0.670. The molecule has 1 fully saturated rings. The maximum absolute atomic E-state index is 14.0. The van der Waals surface area contributed by atoms with E-state index in [2.05, 4.69) is 4.90 Å². The zero-order valence-corrected chi connectivity index (χ0v) is 13.9. The number of phenolic OH excluding ortho intramolecular Hbond substituents is 1. The molecule has 1 aliphatic heterocycles. The van der Waals surface area contributed by atoms with Crippen molar-refractivity contribution in [1.82, 2.24) is 9.80 Å². The topological polar surface area (TPSA) is 53.0 Å². The van der Waals surface area contributed by atoms with Gasteiger partial charge in [0.25, 0.3) is 5.91 Å². The zero-order valence-electron chi connectivity index (χ0n) is 13.9. The summed E-state index contributed by atoms with van der Waals surface area (Å²) in [5.74, 6) is -6.85. The van der Waals surface area contributed by atoms with Gasteiger partial charge in [-0.2, -0.15) is 4.39 Å². The second-order valence-corrected chi connectivity index (χ2v) is 6.02. The first-order valence-corrected chi connectivity index (χ1v) is 7.68. The lowest BCUT2D eigenvalue weighted by atomic mass is 10.1. The molecule has 1 aromatic carbocycles. The Labute approximate surface area is 138 Å². The Morgan fingerprint density at radius 3 is 2.38 bits per heavy atom. The minimum atomic E-state index is -1.70. The first-order valence-electron chi connectivity index (χ1n) is 7.68. The van der Waals surface area contributed by atoms with Gasteiger partial charge in [0.05, 0.1) is 12.2 Å². The van der Waals surface area contributed by atoms with Crippen LogP contribution in [0.5, 0.6) is 5.75 Å². The van der Waals surface area contributed by atoms with Gasteiger partial charge in [0.2, 0.25) is 5.82 Å². The number of amides is 1. The molecule has 0 saturated carbocycles. The van der Waals surface area contributed by atoms with Gasteiger partial charge in [-0.3, -0.25) is 9.69 Å². The highest BCUT2D eigenvalue weighted by Crippen LogP contribution is 2.27. The van der Waals surface area contributed by atoms with Crippen LogP contribution in [0.3, 0.4) is 0 Å². The molecule has 8 heteroatoms. The number of carbonyl (C=O) groups excluding carboxylic acids is 1. The standard InChI is InChI=1S/C16H21F3N2O3/c1-9-7-20(8-10(2)21(9)4-5-24-3)16(23)11-6-12(17)14(19)15(22)13(11)18/h6,9-10,22H,4-5,7-8H2,1-3H3/t9-,10+. The van der Waals surface area contributed by atoms with Crippen molar-refractivity contribution in [3.63, 3.8) is 0 Å². The summed E-state index contributed by atoms with van der Waals surface area (Å²) in [4.78, 5) is 16.0. The van der Waals surface area contributed by atoms with E-state index in [1.165, 1.54) is 4.90 Å². The summed E-state index contributed by atoms with van der Waals surface area (Å²) in [6.45, 7) is 5.71. The van der Waals surface area contributed by atoms with Crippen molar-refractivity contribution in [1.29, 1.82) is 0 Å². The maximum Gasteiger partial charge on any atom is 0.257 e. The zero-order chi connectivity index (χ0) is 18.0. The molecule has 0 aliphatic carbocycles. The van der Waals surface area contributed by atoms with E-state index in [4.69, 9.17) is 4.74 Å². The van der Waals surface area contributed by atoms with Gasteiger partial charge in [0, 0.05) is 38.8 Å². The predicted octanol–water partition coefficient (Wildman–Crippen LogP) is 1.99. The SMILES string of the molecule is COCCN1[C@H](C)CN(C(=O)c2cc(F)c(F)c(O)c2F)C[C@@H]1C. The van der Waals surface area contributed by atoms with Crippen LogP contribution in [-0.4, -0.2) is 66.2 Å². The van der Waals surface area contributed by atoms with Crippen molar-refractivity contribution in [2.45, 2.75) is 25.9 Å². The minimum absolute atomic E-state index is 0.00481. The van der Waals surface area contributed by atoms with Gasteiger partial charge in [-0.15, -0.1) is 0 Å². The largest absolute Gasteiger partial charge is 0.503 e. The summed E-state index contributed by atoms with van der Waals surface area (Å²) < 4.78 is 45.6. The van der Waals surface area contributed by atoms with Crippen LogP contribution in [0.15, 0.2) is 6.07 Å². The van der Waals surface area contributed by atoms with Gasteiger partial charge < -0.3 is 14.7 Å². The molecule has 0 aromatic heterocycles. The highest BCUT2D eigenvalue weighted by Gasteiger charge is 2.34. The van der Waals surface area contributed by atoms with Crippen LogP contribution in [0.25, 0.3) is 0 Å². The third-order valence-corrected chi connectivity index (χ3v) is 4.31. The number of aromatic hydroxyl groups is 1. The smallest absolute Gasteiger partial charge is 0.257 e. The molecule has 1 heterocycles. The minimum Gasteiger partial charge on any atom is -0.503 e. The molecule has 0 bridgehead atoms. The number of ether oxygens (including phenoxy) is 1. The highest BCUT2D eigenvalue weighted by atomic mass is 19.2. The average molecular weight is 346 g/mol. The second kappa shape index (κ2) is 7.40. The molecule has 134 valence electrons. The first-order chi connectivity index (χ1) is 11.3. The Morgan fingerprint density at radius 2 is 1.83 bits per heavy atom. The van der Waals surface area contributed by atoms with E-state index < -0.39 is 34.7 Å². The molecular formula is C16H21F3N2O3. The normalized spacial score (nSPS) is 22.0. The van der Waals surface area contributed by atoms with Crippen LogP contribution >= 0.6 is 0 Å². The monoisotopic (exact) mass is 346 g/mol. The Morgan fingerprint density at radius 1 is 1.25 bits per heavy atom. The second-order valence-electron chi connectivity index (χ2n) is 6.02. The number of methoxy groups -OCH3 is 1. The van der Waals surface area contributed by atoms with Crippen LogP contribution in [-0.2, 0) is 4.74 Å². The molecule has 0 radical (unpaired) electrons. The quantitative estimate of drug-likeness (QED) is 0.848. The van der Waals surface area contributed by atoms with Gasteiger partial charge in [0.15, 0.2) is 17.4 Å². The van der Waals surface area contributed by atoms with Crippen LogP contribution < -0.4 is 0 Å². The third-order valence-electron chi connectivity index (χ3n) is 4.31. The van der Waals surface area contributed by atoms with Crippen LogP contribution in [0.4, 0.5) is 13.2 Å². The Hall–Kier alpha value is -1.80. The molecular weight excluding hydrogens is 325 g/mol.